The molecule has 0 unspecified atom stereocenters. The highest BCUT2D eigenvalue weighted by Gasteiger charge is 2.33. The van der Waals surface area contributed by atoms with Crippen LogP contribution < -0.4 is 18.9 Å². The average molecular weight is 1170 g/mol. The minimum atomic E-state index is 0.475. The van der Waals surface area contributed by atoms with Gasteiger partial charge in [-0.2, -0.15) is 0 Å². The molecule has 0 amide bonds. The maximum atomic E-state index is 7.15. The minimum Gasteiger partial charge on any atom is -0.492 e. The van der Waals surface area contributed by atoms with E-state index in [0.29, 0.717) is 72.3 Å². The van der Waals surface area contributed by atoms with E-state index in [1.807, 2.05) is 0 Å². The number of H-pyrrole nitrogens is 2. The van der Waals surface area contributed by atoms with Gasteiger partial charge in [0.2, 0.25) is 0 Å². The fourth-order valence-corrected chi connectivity index (χ4v) is 13.7. The molecule has 3 aromatic heterocycles. The third kappa shape index (κ3) is 10.5. The van der Waals surface area contributed by atoms with Crippen LogP contribution in [0.5, 0.6) is 23.0 Å². The van der Waals surface area contributed by atoms with Crippen LogP contribution in [0.25, 0.3) is 133 Å². The summed E-state index contributed by atoms with van der Waals surface area (Å²) in [5.41, 5.74) is 9.81. The van der Waals surface area contributed by atoms with Gasteiger partial charge in [0.05, 0.1) is 48.3 Å². The predicted octanol–water partition coefficient (Wildman–Crippen LogP) is 20.6. The molecular weight excluding hydrogens is 1090 g/mol. The number of hydrogen-bond donors (Lipinski definition) is 2. The van der Waals surface area contributed by atoms with Crippen LogP contribution in [0.1, 0.15) is 153 Å². The van der Waals surface area contributed by atoms with Crippen molar-refractivity contribution in [2.24, 2.45) is 0 Å². The van der Waals surface area contributed by atoms with Crippen LogP contribution in [-0.2, 0) is 0 Å². The van der Waals surface area contributed by atoms with Crippen molar-refractivity contribution in [3.63, 3.8) is 0 Å². The van der Waals surface area contributed by atoms with E-state index in [1.54, 1.807) is 0 Å². The largest absolute Gasteiger partial charge is 0.492 e. The Morgan fingerprint density at radius 2 is 0.534 bits per heavy atom. The molecule has 0 spiro atoms. The number of fused-ring (bicyclic) bond motifs is 24. The lowest BCUT2D eigenvalue weighted by Crippen LogP contribution is -2.02. The monoisotopic (exact) mass is 1170 g/mol. The number of hydrogen-bond acceptors (Lipinski definition) is 10. The number of aryl methyl sites for hydroxylation is 4. The Bertz CT molecular complexity index is 4660. The minimum absolute atomic E-state index is 0.475. The summed E-state index contributed by atoms with van der Waals surface area (Å²) in [5.74, 6) is 4.98. The molecule has 0 saturated heterocycles. The Hall–Kier alpha value is -8.64. The molecule has 8 aromatic carbocycles. The lowest BCUT2D eigenvalue weighted by atomic mass is 9.94. The molecule has 0 aliphatic carbocycles. The molecule has 0 atom stereocenters. The maximum absolute atomic E-state index is 7.15. The Kier molecular flexibility index (Phi) is 17.0. The molecule has 8 bridgehead atoms. The lowest BCUT2D eigenvalue weighted by molar-refractivity contribution is 0.309. The Morgan fingerprint density at radius 3 is 0.852 bits per heavy atom. The number of unbranched alkanes of at least 4 members (excludes halogenated alkanes) is 12. The van der Waals surface area contributed by atoms with Crippen molar-refractivity contribution in [3.05, 3.63) is 119 Å². The number of benzene rings is 8. The van der Waals surface area contributed by atoms with Crippen LogP contribution in [0, 0.1) is 27.7 Å². The number of nitrogens with zero attached hydrogens (tertiary/aromatic N) is 6. The van der Waals surface area contributed by atoms with Crippen molar-refractivity contribution in [1.82, 2.24) is 39.9 Å². The third-order valence-electron chi connectivity index (χ3n) is 18.3. The number of aromatic nitrogens is 8. The summed E-state index contributed by atoms with van der Waals surface area (Å²) < 4.78 is 28.6. The smallest absolute Gasteiger partial charge is 0.168 e. The van der Waals surface area contributed by atoms with Crippen LogP contribution in [0.2, 0.25) is 0 Å². The van der Waals surface area contributed by atoms with Crippen LogP contribution in [-0.4, -0.2) is 66.3 Å². The van der Waals surface area contributed by atoms with Crippen LogP contribution in [0.15, 0.2) is 97.1 Å². The fourth-order valence-electron chi connectivity index (χ4n) is 13.7. The molecule has 12 heteroatoms. The molecule has 2 N–H and O–H groups in total. The molecule has 88 heavy (non-hydrogen) atoms. The number of rotatable bonds is 24. The summed E-state index contributed by atoms with van der Waals surface area (Å²) in [5, 5.41) is 11.7. The van der Waals surface area contributed by atoms with Crippen molar-refractivity contribution in [1.29, 1.82) is 0 Å². The second-order valence-electron chi connectivity index (χ2n) is 24.2. The first-order valence-corrected chi connectivity index (χ1v) is 32.8. The number of aromatic amines is 2. The summed E-state index contributed by atoms with van der Waals surface area (Å²) in [6, 6.07) is 34.2. The summed E-state index contributed by atoms with van der Waals surface area (Å²) in [6.45, 7) is 19.9. The van der Waals surface area contributed by atoms with Gasteiger partial charge in [0.25, 0.3) is 0 Å². The predicted molar refractivity (Wildman–Crippen MR) is 364 cm³/mol. The highest BCUT2D eigenvalue weighted by molar-refractivity contribution is 6.21. The van der Waals surface area contributed by atoms with Gasteiger partial charge < -0.3 is 28.9 Å². The molecular formula is C76H82N8O4. The zero-order chi connectivity index (χ0) is 60.4. The van der Waals surface area contributed by atoms with Crippen molar-refractivity contribution in [2.45, 2.75) is 158 Å². The van der Waals surface area contributed by atoms with Crippen LogP contribution in [0.3, 0.4) is 0 Å². The molecule has 450 valence electrons. The number of nitrogens with one attached hydrogen (secondary N) is 2. The molecule has 0 fully saturated rings. The number of ether oxygens (including phenoxy) is 4. The van der Waals surface area contributed by atoms with Gasteiger partial charge in [-0.15, -0.1) is 0 Å². The van der Waals surface area contributed by atoms with Crippen molar-refractivity contribution < 1.29 is 18.9 Å². The van der Waals surface area contributed by atoms with Crippen LogP contribution in [0.4, 0.5) is 0 Å². The standard InChI is InChI=1S/C76H82N8O4/c1-9-13-17-29-41-85-65-53-37-25-21-33-49(53)45(5)57-61(65)73-78-69(57)77-70-58-46(6)50-34-22-26-38-54(50)66(86-42-30-18-14-10-2)62(58)74(79-70)81-72-60-48(8)52-36-24-28-40-56(52)68(88-44-32-20-16-12-4)64(60)76(83-72)84-75-63-59(71(80-73)82-75)47(7)51-35-23-27-39-55(51)67(63)87-43-31-19-15-11-3/h21-28,33-40H,9-20,29-32,41-44H2,1-8H3,(H2,77,78,79,80,81,82,83,84). The quantitative estimate of drug-likeness (QED) is 0.0561. The van der Waals surface area contributed by atoms with Gasteiger partial charge in [0.15, 0.2) is 23.3 Å². The molecule has 2 aliphatic heterocycles. The van der Waals surface area contributed by atoms with Gasteiger partial charge in [0, 0.05) is 43.4 Å². The average Bonchev–Trinajstić information content (AvgIpc) is 1.77. The van der Waals surface area contributed by atoms with Gasteiger partial charge in [-0.05, 0) is 97.2 Å². The molecule has 0 radical (unpaired) electrons. The van der Waals surface area contributed by atoms with Gasteiger partial charge in [-0.3, -0.25) is 0 Å². The highest BCUT2D eigenvalue weighted by Crippen LogP contribution is 2.52. The van der Waals surface area contributed by atoms with E-state index >= 15 is 0 Å². The molecule has 5 heterocycles. The second kappa shape index (κ2) is 25.6. The molecule has 12 nitrogen and oxygen atoms in total. The first kappa shape index (κ1) is 58.4. The van der Waals surface area contributed by atoms with E-state index in [1.165, 1.54) is 0 Å². The molecule has 2 aliphatic rings. The van der Waals surface area contributed by atoms with Crippen molar-refractivity contribution >= 4 is 87.2 Å². The highest BCUT2D eigenvalue weighted by atomic mass is 16.5. The van der Waals surface area contributed by atoms with Crippen molar-refractivity contribution in [3.8, 4) is 68.5 Å². The first-order chi connectivity index (χ1) is 43.2. The van der Waals surface area contributed by atoms with Gasteiger partial charge >= 0.3 is 0 Å². The normalized spacial score (nSPS) is 12.1. The van der Waals surface area contributed by atoms with Gasteiger partial charge in [-0.1, -0.05) is 202 Å². The SMILES string of the molecule is CCCCCCOc1c2c(c(C)c3ccccc13)-c1nc-2nc2[nH]c(nc3nc(nc4[nH]c(n1)c1c(C)c5ccccc5c(OCCCCCC)c41)-c1c-3c(OCCCCCC)c3ccccc3c1C)c1c(OCCCCCC)c3ccccc3c(C)c21. The third-order valence-corrected chi connectivity index (χ3v) is 18.3. The molecule has 0 saturated carbocycles. The van der Waals surface area contributed by atoms with E-state index in [2.05, 4.69) is 162 Å². The van der Waals surface area contributed by atoms with E-state index in [-0.39, 0.29) is 0 Å². The molecule has 11 aromatic rings. The second-order valence-corrected chi connectivity index (χ2v) is 24.2. The summed E-state index contributed by atoms with van der Waals surface area (Å²) >= 11 is 0. The summed E-state index contributed by atoms with van der Waals surface area (Å²) in [7, 11) is 0. The topological polar surface area (TPSA) is 146 Å². The Balaban J connectivity index is 1.23. The van der Waals surface area contributed by atoms with E-state index in [9.17, 15) is 0 Å². The molecule has 13 rings (SSSR count). The first-order valence-electron chi connectivity index (χ1n) is 32.8. The van der Waals surface area contributed by atoms with Crippen molar-refractivity contribution in [2.75, 3.05) is 26.4 Å². The van der Waals surface area contributed by atoms with E-state index < -0.39 is 0 Å². The van der Waals surface area contributed by atoms with E-state index in [0.717, 1.165) is 235 Å². The van der Waals surface area contributed by atoms with Crippen LogP contribution >= 0.6 is 0 Å². The Labute approximate surface area is 515 Å². The maximum Gasteiger partial charge on any atom is 0.168 e. The van der Waals surface area contributed by atoms with Gasteiger partial charge in [-0.25, -0.2) is 29.9 Å². The fraction of sp³-hybridized carbons (Fsp3) is 0.368. The lowest BCUT2D eigenvalue weighted by Gasteiger charge is -2.17. The summed E-state index contributed by atoms with van der Waals surface area (Å²) in [6.07, 6.45) is 17.0. The van der Waals surface area contributed by atoms with Gasteiger partial charge in [0.1, 0.15) is 45.6 Å². The van der Waals surface area contributed by atoms with E-state index in [4.69, 9.17) is 48.9 Å². The summed E-state index contributed by atoms with van der Waals surface area (Å²) in [4.78, 5) is 42.2. The Morgan fingerprint density at radius 1 is 0.273 bits per heavy atom. The zero-order valence-corrected chi connectivity index (χ0v) is 52.7. The zero-order valence-electron chi connectivity index (χ0n) is 52.7.